The second-order valence-electron chi connectivity index (χ2n) is 4.45. The molecule has 2 rings (SSSR count). The van der Waals surface area contributed by atoms with Crippen LogP contribution in [-0.2, 0) is 6.18 Å². The molecule has 0 saturated carbocycles. The van der Waals surface area contributed by atoms with E-state index in [0.717, 1.165) is 6.07 Å². The van der Waals surface area contributed by atoms with Gasteiger partial charge in [0.25, 0.3) is 0 Å². The van der Waals surface area contributed by atoms with Crippen molar-refractivity contribution < 1.29 is 17.6 Å². The Morgan fingerprint density at radius 1 is 1.14 bits per heavy atom. The van der Waals surface area contributed by atoms with Crippen LogP contribution in [0.5, 0.6) is 0 Å². The maximum absolute atomic E-state index is 13.7. The summed E-state index contributed by atoms with van der Waals surface area (Å²) in [6, 6.07) is 2.10. The second kappa shape index (κ2) is 5.19. The highest BCUT2D eigenvalue weighted by atomic mass is 19.4. The van der Waals surface area contributed by atoms with Crippen LogP contribution in [0.3, 0.4) is 0 Å². The predicted octanol–water partition coefficient (Wildman–Crippen LogP) is 3.58. The number of hydrogen-bond acceptors (Lipinski definition) is 4. The van der Waals surface area contributed by atoms with Gasteiger partial charge in [0.05, 0.1) is 11.3 Å². The zero-order valence-corrected chi connectivity index (χ0v) is 11.2. The second-order valence-corrected chi connectivity index (χ2v) is 4.45. The van der Waals surface area contributed by atoms with E-state index in [1.165, 1.54) is 0 Å². The number of nitrogen functional groups attached to an aromatic ring is 1. The zero-order valence-electron chi connectivity index (χ0n) is 11.2. The van der Waals surface area contributed by atoms with E-state index in [1.54, 1.807) is 13.8 Å². The maximum atomic E-state index is 13.7. The van der Waals surface area contributed by atoms with Crippen LogP contribution in [0.2, 0.25) is 0 Å². The Morgan fingerprint density at radius 3 is 2.43 bits per heavy atom. The highest BCUT2D eigenvalue weighted by molar-refractivity contribution is 5.64. The number of aromatic nitrogens is 2. The fraction of sp³-hybridized carbons (Fsp3) is 0.231. The summed E-state index contributed by atoms with van der Waals surface area (Å²) in [5.74, 6) is -0.152. The molecule has 0 aliphatic rings. The van der Waals surface area contributed by atoms with Gasteiger partial charge in [0.15, 0.2) is 0 Å². The smallest absolute Gasteiger partial charge is 0.383 e. The molecule has 2 aromatic rings. The first kappa shape index (κ1) is 15.0. The van der Waals surface area contributed by atoms with Gasteiger partial charge in [0.1, 0.15) is 23.3 Å². The third-order valence-corrected chi connectivity index (χ3v) is 2.84. The first-order chi connectivity index (χ1) is 9.68. The summed E-state index contributed by atoms with van der Waals surface area (Å²) in [5.41, 5.74) is 4.79. The molecule has 21 heavy (non-hydrogen) atoms. The van der Waals surface area contributed by atoms with Gasteiger partial charge >= 0.3 is 6.18 Å². The van der Waals surface area contributed by atoms with Gasteiger partial charge in [-0.05, 0) is 32.0 Å². The van der Waals surface area contributed by atoms with Crippen molar-refractivity contribution in [1.29, 1.82) is 0 Å². The molecule has 0 aliphatic carbocycles. The van der Waals surface area contributed by atoms with Crippen molar-refractivity contribution in [2.45, 2.75) is 20.0 Å². The van der Waals surface area contributed by atoms with E-state index in [1.807, 2.05) is 0 Å². The Morgan fingerprint density at radius 2 is 1.81 bits per heavy atom. The van der Waals surface area contributed by atoms with E-state index in [4.69, 9.17) is 5.73 Å². The number of alkyl halides is 3. The summed E-state index contributed by atoms with van der Waals surface area (Å²) < 4.78 is 51.6. The van der Waals surface area contributed by atoms with Gasteiger partial charge in [0, 0.05) is 5.56 Å². The summed E-state index contributed by atoms with van der Waals surface area (Å²) in [6.07, 6.45) is -4.56. The number of nitrogens with two attached hydrogens (primary N) is 1. The fourth-order valence-electron chi connectivity index (χ4n) is 1.70. The number of rotatable bonds is 2. The maximum Gasteiger partial charge on any atom is 0.416 e. The topological polar surface area (TPSA) is 63.8 Å². The number of anilines is 3. The van der Waals surface area contributed by atoms with Gasteiger partial charge in [-0.15, -0.1) is 0 Å². The van der Waals surface area contributed by atoms with Crippen LogP contribution in [0.25, 0.3) is 0 Å². The SMILES string of the molecule is Cc1nc(N)c(C)c(Nc2cc(C(F)(F)F)ccc2F)n1. The van der Waals surface area contributed by atoms with Crippen molar-refractivity contribution in [3.8, 4) is 0 Å². The minimum atomic E-state index is -4.56. The minimum Gasteiger partial charge on any atom is -0.383 e. The van der Waals surface area contributed by atoms with Gasteiger partial charge < -0.3 is 11.1 Å². The Labute approximate surface area is 118 Å². The van der Waals surface area contributed by atoms with E-state index in [-0.39, 0.29) is 17.3 Å². The van der Waals surface area contributed by atoms with Crippen LogP contribution in [0.1, 0.15) is 17.0 Å². The number of benzene rings is 1. The van der Waals surface area contributed by atoms with Crippen LogP contribution in [0, 0.1) is 19.7 Å². The largest absolute Gasteiger partial charge is 0.416 e. The normalized spacial score (nSPS) is 11.5. The lowest BCUT2D eigenvalue weighted by Crippen LogP contribution is -2.08. The molecule has 8 heteroatoms. The third kappa shape index (κ3) is 3.21. The molecule has 1 aromatic heterocycles. The summed E-state index contributed by atoms with van der Waals surface area (Å²) >= 11 is 0. The predicted molar refractivity (Wildman–Crippen MR) is 70.6 cm³/mol. The summed E-state index contributed by atoms with van der Waals surface area (Å²) in [4.78, 5) is 7.92. The Kier molecular flexibility index (Phi) is 3.71. The van der Waals surface area contributed by atoms with Crippen molar-refractivity contribution in [2.24, 2.45) is 0 Å². The molecular weight excluding hydrogens is 288 g/mol. The van der Waals surface area contributed by atoms with E-state index in [0.29, 0.717) is 23.5 Å². The van der Waals surface area contributed by atoms with Crippen molar-refractivity contribution in [2.75, 3.05) is 11.1 Å². The Hall–Kier alpha value is -2.38. The molecular formula is C13H12F4N4. The first-order valence-electron chi connectivity index (χ1n) is 5.93. The molecule has 1 aromatic carbocycles. The van der Waals surface area contributed by atoms with Gasteiger partial charge in [0.2, 0.25) is 0 Å². The summed E-state index contributed by atoms with van der Waals surface area (Å²) in [5, 5.41) is 2.53. The van der Waals surface area contributed by atoms with E-state index in [2.05, 4.69) is 15.3 Å². The van der Waals surface area contributed by atoms with Gasteiger partial charge in [-0.25, -0.2) is 14.4 Å². The lowest BCUT2D eigenvalue weighted by Gasteiger charge is -2.13. The van der Waals surface area contributed by atoms with Crippen molar-refractivity contribution in [3.63, 3.8) is 0 Å². The quantitative estimate of drug-likeness (QED) is 0.832. The van der Waals surface area contributed by atoms with Crippen molar-refractivity contribution in [1.82, 2.24) is 9.97 Å². The lowest BCUT2D eigenvalue weighted by atomic mass is 10.2. The average Bonchev–Trinajstić information content (AvgIpc) is 2.36. The molecule has 112 valence electrons. The number of nitrogens with zero attached hydrogens (tertiary/aromatic N) is 2. The highest BCUT2D eigenvalue weighted by Gasteiger charge is 2.31. The van der Waals surface area contributed by atoms with Gasteiger partial charge in [-0.3, -0.25) is 0 Å². The van der Waals surface area contributed by atoms with Crippen LogP contribution < -0.4 is 11.1 Å². The molecule has 0 atom stereocenters. The molecule has 0 bridgehead atoms. The van der Waals surface area contributed by atoms with E-state index >= 15 is 0 Å². The van der Waals surface area contributed by atoms with E-state index < -0.39 is 17.6 Å². The molecule has 0 saturated heterocycles. The lowest BCUT2D eigenvalue weighted by molar-refractivity contribution is -0.137. The van der Waals surface area contributed by atoms with Crippen LogP contribution in [0.15, 0.2) is 18.2 Å². The molecule has 3 N–H and O–H groups in total. The first-order valence-corrected chi connectivity index (χ1v) is 5.93. The molecule has 0 fully saturated rings. The summed E-state index contributed by atoms with van der Waals surface area (Å²) in [7, 11) is 0. The van der Waals surface area contributed by atoms with Crippen molar-refractivity contribution >= 4 is 17.3 Å². The highest BCUT2D eigenvalue weighted by Crippen LogP contribution is 2.33. The van der Waals surface area contributed by atoms with Crippen molar-refractivity contribution in [3.05, 3.63) is 41.0 Å². The number of nitrogens with one attached hydrogen (secondary N) is 1. The molecule has 1 heterocycles. The number of hydrogen-bond donors (Lipinski definition) is 2. The molecule has 0 amide bonds. The molecule has 0 aliphatic heterocycles. The fourth-order valence-corrected chi connectivity index (χ4v) is 1.70. The number of halogens is 4. The van der Waals surface area contributed by atoms with Crippen LogP contribution in [-0.4, -0.2) is 9.97 Å². The molecule has 4 nitrogen and oxygen atoms in total. The van der Waals surface area contributed by atoms with E-state index in [9.17, 15) is 17.6 Å². The van der Waals surface area contributed by atoms with Crippen LogP contribution in [0.4, 0.5) is 34.9 Å². The van der Waals surface area contributed by atoms with Crippen LogP contribution >= 0.6 is 0 Å². The average molecular weight is 300 g/mol. The Balaban J connectivity index is 2.45. The van der Waals surface area contributed by atoms with Gasteiger partial charge in [-0.2, -0.15) is 13.2 Å². The molecule has 0 radical (unpaired) electrons. The Bertz CT molecular complexity index is 683. The zero-order chi connectivity index (χ0) is 15.8. The molecule has 0 spiro atoms. The summed E-state index contributed by atoms with van der Waals surface area (Å²) in [6.45, 7) is 3.16. The minimum absolute atomic E-state index is 0.165. The molecule has 0 unspecified atom stereocenters. The number of aryl methyl sites for hydroxylation is 1. The third-order valence-electron chi connectivity index (χ3n) is 2.84. The standard InChI is InChI=1S/C13H12F4N4/c1-6-11(18)19-7(2)20-12(6)21-10-5-8(13(15,16)17)3-4-9(10)14/h3-5H,1-2H3,(H3,18,19,20,21). The van der Waals surface area contributed by atoms with Gasteiger partial charge in [-0.1, -0.05) is 0 Å². The monoisotopic (exact) mass is 300 g/mol.